The van der Waals surface area contributed by atoms with Crippen molar-refractivity contribution in [3.05, 3.63) is 72.9 Å². The Bertz CT molecular complexity index is 1130. The molecule has 0 aliphatic heterocycles. The van der Waals surface area contributed by atoms with E-state index in [9.17, 15) is 19.0 Å². The molecule has 0 aliphatic carbocycles. The topological polar surface area (TPSA) is 134 Å². The lowest BCUT2D eigenvalue weighted by Gasteiger charge is -2.19. The maximum atomic E-state index is 12.6. The predicted molar refractivity (Wildman–Crippen MR) is 229 cm³/mol. The number of unbranched alkanes of at least 4 members (excludes halogenated alkanes) is 14. The van der Waals surface area contributed by atoms with Crippen molar-refractivity contribution < 1.29 is 37.6 Å². The molecular formula is C45H78NO8P. The van der Waals surface area contributed by atoms with Gasteiger partial charge in [-0.3, -0.25) is 18.6 Å². The second-order valence-electron chi connectivity index (χ2n) is 13.8. The fourth-order valence-corrected chi connectivity index (χ4v) is 6.25. The van der Waals surface area contributed by atoms with Gasteiger partial charge in [0.25, 0.3) is 0 Å². The number of rotatable bonds is 39. The highest BCUT2D eigenvalue weighted by atomic mass is 31.2. The van der Waals surface area contributed by atoms with Crippen LogP contribution in [0.15, 0.2) is 72.9 Å². The minimum Gasteiger partial charge on any atom is -0.462 e. The summed E-state index contributed by atoms with van der Waals surface area (Å²) in [6, 6.07) is 0. The summed E-state index contributed by atoms with van der Waals surface area (Å²) in [7, 11) is -4.39. The van der Waals surface area contributed by atoms with Crippen molar-refractivity contribution in [1.82, 2.24) is 0 Å². The first-order chi connectivity index (χ1) is 26.8. The van der Waals surface area contributed by atoms with Crippen molar-refractivity contribution in [2.24, 2.45) is 5.73 Å². The van der Waals surface area contributed by atoms with Crippen molar-refractivity contribution in [3.8, 4) is 0 Å². The van der Waals surface area contributed by atoms with E-state index in [1.807, 2.05) is 12.2 Å². The summed E-state index contributed by atoms with van der Waals surface area (Å²) in [6.45, 7) is 3.53. The molecule has 0 bridgehead atoms. The number of hydrogen-bond acceptors (Lipinski definition) is 8. The van der Waals surface area contributed by atoms with Crippen LogP contribution in [-0.2, 0) is 32.7 Å². The predicted octanol–water partition coefficient (Wildman–Crippen LogP) is 12.3. The molecule has 9 nitrogen and oxygen atoms in total. The Morgan fingerprint density at radius 1 is 0.564 bits per heavy atom. The third-order valence-corrected chi connectivity index (χ3v) is 9.60. The number of carbonyl (C=O) groups excluding carboxylic acids is 2. The van der Waals surface area contributed by atoms with Gasteiger partial charge in [-0.25, -0.2) is 4.57 Å². The largest absolute Gasteiger partial charge is 0.472 e. The Hall–Kier alpha value is -2.55. The van der Waals surface area contributed by atoms with Gasteiger partial charge in [0.2, 0.25) is 0 Å². The molecule has 1 unspecified atom stereocenters. The normalized spacial score (nSPS) is 14.0. The van der Waals surface area contributed by atoms with E-state index in [4.69, 9.17) is 24.3 Å². The highest BCUT2D eigenvalue weighted by Gasteiger charge is 2.25. The quantitative estimate of drug-likeness (QED) is 0.0270. The number of allylic oxidation sites excluding steroid dienone is 12. The number of phosphoric ester groups is 1. The Morgan fingerprint density at radius 3 is 1.45 bits per heavy atom. The average molecular weight is 792 g/mol. The standard InChI is InChI=1S/C45H78NO8P/c1-3-5-7-9-11-13-15-17-19-20-21-22-24-25-27-29-31-33-35-37-44(47)51-41-43(42-53-55(49,50)52-40-39-46)54-45(48)38-36-34-32-30-28-26-23-18-16-14-12-10-8-6-4-2/h5,7,11,13,17,19,21-22,25,27,31,33,43H,3-4,6,8-10,12,14-16,18,20,23-24,26,28-30,32,34-42,46H2,1-2H3,(H,49,50)/b7-5+,13-11+,19-17+,22-21+,27-25+,33-31+/t43-/m1/s1. The van der Waals surface area contributed by atoms with Gasteiger partial charge in [0.05, 0.1) is 13.2 Å². The van der Waals surface area contributed by atoms with Gasteiger partial charge in [0.1, 0.15) is 6.61 Å². The third-order valence-electron chi connectivity index (χ3n) is 8.62. The van der Waals surface area contributed by atoms with E-state index in [1.54, 1.807) is 0 Å². The number of ether oxygens (including phenoxy) is 2. The first kappa shape index (κ1) is 52.5. The molecule has 0 aromatic heterocycles. The molecule has 0 spiro atoms. The molecule has 55 heavy (non-hydrogen) atoms. The molecule has 0 aromatic rings. The van der Waals surface area contributed by atoms with Crippen molar-refractivity contribution in [2.75, 3.05) is 26.4 Å². The molecule has 0 aromatic carbocycles. The van der Waals surface area contributed by atoms with E-state index in [-0.39, 0.29) is 32.6 Å². The van der Waals surface area contributed by atoms with Crippen LogP contribution in [0, 0.1) is 0 Å². The summed E-state index contributed by atoms with van der Waals surface area (Å²) in [4.78, 5) is 34.8. The van der Waals surface area contributed by atoms with Crippen molar-refractivity contribution in [1.29, 1.82) is 0 Å². The summed E-state index contributed by atoms with van der Waals surface area (Å²) in [5.41, 5.74) is 5.34. The maximum Gasteiger partial charge on any atom is 0.472 e. The minimum absolute atomic E-state index is 0.0416. The van der Waals surface area contributed by atoms with Crippen LogP contribution in [0.5, 0.6) is 0 Å². The fraction of sp³-hybridized carbons (Fsp3) is 0.689. The Labute approximate surface area is 335 Å². The van der Waals surface area contributed by atoms with E-state index in [0.717, 1.165) is 57.8 Å². The molecule has 0 radical (unpaired) electrons. The van der Waals surface area contributed by atoms with Gasteiger partial charge in [-0.2, -0.15) is 0 Å². The van der Waals surface area contributed by atoms with Gasteiger partial charge in [-0.05, 0) is 51.4 Å². The van der Waals surface area contributed by atoms with E-state index in [0.29, 0.717) is 12.8 Å². The van der Waals surface area contributed by atoms with Crippen LogP contribution in [0.2, 0.25) is 0 Å². The van der Waals surface area contributed by atoms with E-state index in [2.05, 4.69) is 74.6 Å². The lowest BCUT2D eigenvalue weighted by molar-refractivity contribution is -0.161. The fourth-order valence-electron chi connectivity index (χ4n) is 5.48. The van der Waals surface area contributed by atoms with E-state index in [1.165, 1.54) is 70.6 Å². The minimum atomic E-state index is -4.39. The van der Waals surface area contributed by atoms with Crippen molar-refractivity contribution >= 4 is 19.8 Å². The molecule has 0 heterocycles. The van der Waals surface area contributed by atoms with Crippen LogP contribution >= 0.6 is 7.82 Å². The molecular weight excluding hydrogens is 713 g/mol. The van der Waals surface area contributed by atoms with Gasteiger partial charge in [0.15, 0.2) is 6.10 Å². The second-order valence-corrected chi connectivity index (χ2v) is 15.3. The lowest BCUT2D eigenvalue weighted by Crippen LogP contribution is -2.29. The lowest BCUT2D eigenvalue weighted by atomic mass is 10.0. The van der Waals surface area contributed by atoms with Gasteiger partial charge in [-0.15, -0.1) is 0 Å². The Balaban J connectivity index is 4.29. The first-order valence-electron chi connectivity index (χ1n) is 21.4. The zero-order valence-corrected chi connectivity index (χ0v) is 35.5. The Kier molecular flexibility index (Phi) is 39.2. The van der Waals surface area contributed by atoms with Crippen molar-refractivity contribution in [2.45, 2.75) is 174 Å². The highest BCUT2D eigenvalue weighted by molar-refractivity contribution is 7.47. The highest BCUT2D eigenvalue weighted by Crippen LogP contribution is 2.43. The van der Waals surface area contributed by atoms with Crippen LogP contribution < -0.4 is 5.73 Å². The van der Waals surface area contributed by atoms with Crippen LogP contribution in [0.3, 0.4) is 0 Å². The zero-order valence-electron chi connectivity index (χ0n) is 34.6. The van der Waals surface area contributed by atoms with Crippen LogP contribution in [0.25, 0.3) is 0 Å². The summed E-state index contributed by atoms with van der Waals surface area (Å²) in [5, 5.41) is 0. The summed E-state index contributed by atoms with van der Waals surface area (Å²) in [5.74, 6) is -0.928. The number of carbonyl (C=O) groups is 2. The SMILES string of the molecule is CC/C=C/C/C=C/C/C=C/C/C=C/C/C=C/C/C=C/CCC(=O)OC[C@H](COP(=O)(O)OCCN)OC(=O)CCCCCCCCCCCCCCCCC. The third kappa shape index (κ3) is 40.9. The monoisotopic (exact) mass is 792 g/mol. The Morgan fingerprint density at radius 2 is 1.00 bits per heavy atom. The smallest absolute Gasteiger partial charge is 0.462 e. The maximum absolute atomic E-state index is 12.6. The number of hydrogen-bond donors (Lipinski definition) is 2. The number of esters is 2. The first-order valence-corrected chi connectivity index (χ1v) is 22.9. The molecule has 0 fully saturated rings. The van der Waals surface area contributed by atoms with E-state index < -0.39 is 32.5 Å². The molecule has 0 aliphatic rings. The van der Waals surface area contributed by atoms with E-state index >= 15 is 0 Å². The molecule has 316 valence electrons. The zero-order chi connectivity index (χ0) is 40.3. The molecule has 3 N–H and O–H groups in total. The molecule has 0 saturated heterocycles. The second kappa shape index (κ2) is 41.1. The molecule has 0 amide bonds. The van der Waals surface area contributed by atoms with Gasteiger partial charge in [0, 0.05) is 19.4 Å². The van der Waals surface area contributed by atoms with Gasteiger partial charge < -0.3 is 20.1 Å². The van der Waals surface area contributed by atoms with Gasteiger partial charge in [-0.1, -0.05) is 177 Å². The number of nitrogens with two attached hydrogens (primary N) is 1. The summed E-state index contributed by atoms with van der Waals surface area (Å²) < 4.78 is 32.7. The van der Waals surface area contributed by atoms with Crippen LogP contribution in [0.1, 0.15) is 168 Å². The molecule has 0 rings (SSSR count). The molecule has 2 atom stereocenters. The van der Waals surface area contributed by atoms with Crippen LogP contribution in [-0.4, -0.2) is 49.3 Å². The van der Waals surface area contributed by atoms with Crippen LogP contribution in [0.4, 0.5) is 0 Å². The van der Waals surface area contributed by atoms with Gasteiger partial charge >= 0.3 is 19.8 Å². The average Bonchev–Trinajstić information content (AvgIpc) is 3.17. The summed E-state index contributed by atoms with van der Waals surface area (Å²) >= 11 is 0. The number of phosphoric acid groups is 1. The molecule has 10 heteroatoms. The summed E-state index contributed by atoms with van der Waals surface area (Å²) in [6.07, 6.45) is 49.4. The molecule has 0 saturated carbocycles. The van der Waals surface area contributed by atoms with Crippen molar-refractivity contribution in [3.63, 3.8) is 0 Å².